The molecule has 68 valence electrons. The first-order valence-electron chi connectivity index (χ1n) is 5.19. The van der Waals surface area contributed by atoms with Crippen LogP contribution < -0.4 is 0 Å². The lowest BCUT2D eigenvalue weighted by atomic mass is 9.61. The van der Waals surface area contributed by atoms with Crippen molar-refractivity contribution in [2.24, 2.45) is 0 Å². The van der Waals surface area contributed by atoms with Crippen LogP contribution in [0.5, 0.6) is 5.75 Å². The van der Waals surface area contributed by atoms with E-state index in [0.717, 1.165) is 5.92 Å². The maximum atomic E-state index is 9.69. The van der Waals surface area contributed by atoms with Crippen molar-refractivity contribution in [3.05, 3.63) is 29.3 Å². The molecule has 1 aromatic rings. The molecule has 1 saturated carbocycles. The highest BCUT2D eigenvalue weighted by molar-refractivity contribution is 5.53. The van der Waals surface area contributed by atoms with Gasteiger partial charge in [-0.1, -0.05) is 25.0 Å². The first-order valence-corrected chi connectivity index (χ1v) is 5.19. The number of phenols is 1. The van der Waals surface area contributed by atoms with Crippen molar-refractivity contribution in [1.82, 2.24) is 0 Å². The summed E-state index contributed by atoms with van der Waals surface area (Å²) in [5, 5.41) is 9.69. The average Bonchev–Trinajstić information content (AvgIpc) is 2.14. The van der Waals surface area contributed by atoms with Crippen LogP contribution in [0.2, 0.25) is 0 Å². The van der Waals surface area contributed by atoms with E-state index in [0.29, 0.717) is 11.7 Å². The second kappa shape index (κ2) is 2.50. The molecule has 0 amide bonds. The van der Waals surface area contributed by atoms with Crippen molar-refractivity contribution in [2.45, 2.75) is 37.5 Å². The van der Waals surface area contributed by atoms with Gasteiger partial charge in [-0.2, -0.15) is 0 Å². The first-order chi connectivity index (χ1) is 6.38. The van der Waals surface area contributed by atoms with Gasteiger partial charge in [-0.15, -0.1) is 0 Å². The molecular formula is C12H14O. The number of aromatic hydroxyl groups is 1. The van der Waals surface area contributed by atoms with Crippen LogP contribution in [-0.4, -0.2) is 5.11 Å². The Bertz CT molecular complexity index is 343. The third-order valence-corrected chi connectivity index (χ3v) is 3.65. The van der Waals surface area contributed by atoms with Gasteiger partial charge in [0.05, 0.1) is 0 Å². The molecule has 1 heteroatoms. The number of fused-ring (bicyclic) bond motifs is 4. The van der Waals surface area contributed by atoms with E-state index < -0.39 is 0 Å². The van der Waals surface area contributed by atoms with Crippen LogP contribution >= 0.6 is 0 Å². The normalized spacial score (nSPS) is 30.2. The second-order valence-electron chi connectivity index (χ2n) is 4.28. The van der Waals surface area contributed by atoms with Crippen LogP contribution in [0, 0.1) is 0 Å². The summed E-state index contributed by atoms with van der Waals surface area (Å²) in [4.78, 5) is 0. The molecule has 1 fully saturated rings. The number of benzene rings is 1. The Balaban J connectivity index is 2.08. The van der Waals surface area contributed by atoms with Crippen LogP contribution in [-0.2, 0) is 0 Å². The largest absolute Gasteiger partial charge is 0.508 e. The van der Waals surface area contributed by atoms with Crippen molar-refractivity contribution in [3.63, 3.8) is 0 Å². The molecule has 0 radical (unpaired) electrons. The molecule has 1 N–H and O–H groups in total. The summed E-state index contributed by atoms with van der Waals surface area (Å²) < 4.78 is 0. The average molecular weight is 174 g/mol. The topological polar surface area (TPSA) is 20.2 Å². The molecule has 0 unspecified atom stereocenters. The van der Waals surface area contributed by atoms with E-state index in [1.807, 2.05) is 12.1 Å². The molecule has 0 bridgehead atoms. The van der Waals surface area contributed by atoms with Gasteiger partial charge in [-0.05, 0) is 36.3 Å². The monoisotopic (exact) mass is 174 g/mol. The highest BCUT2D eigenvalue weighted by Crippen LogP contribution is 2.57. The van der Waals surface area contributed by atoms with Crippen molar-refractivity contribution in [3.8, 4) is 5.75 Å². The number of hydrogen-bond acceptors (Lipinski definition) is 1. The number of hydrogen-bond donors (Lipinski definition) is 1. The quantitative estimate of drug-likeness (QED) is 0.640. The summed E-state index contributed by atoms with van der Waals surface area (Å²) in [7, 11) is 0. The predicted octanol–water partition coefficient (Wildman–Crippen LogP) is 3.15. The molecule has 3 rings (SSSR count). The maximum absolute atomic E-state index is 9.69. The van der Waals surface area contributed by atoms with Gasteiger partial charge in [-0.25, -0.2) is 0 Å². The molecule has 0 spiro atoms. The van der Waals surface area contributed by atoms with Crippen molar-refractivity contribution < 1.29 is 5.11 Å². The fraction of sp³-hybridized carbons (Fsp3) is 0.500. The zero-order valence-corrected chi connectivity index (χ0v) is 7.66. The summed E-state index contributed by atoms with van der Waals surface area (Å²) in [6.45, 7) is 0. The molecular weight excluding hydrogens is 160 g/mol. The maximum Gasteiger partial charge on any atom is 0.119 e. The summed E-state index contributed by atoms with van der Waals surface area (Å²) >= 11 is 0. The Morgan fingerprint density at radius 1 is 1.08 bits per heavy atom. The zero-order valence-electron chi connectivity index (χ0n) is 7.66. The van der Waals surface area contributed by atoms with Gasteiger partial charge in [0.2, 0.25) is 0 Å². The molecule has 0 aliphatic heterocycles. The molecule has 0 saturated heterocycles. The number of phenolic OH excluding ortho intramolecular Hbond substituents is 1. The van der Waals surface area contributed by atoms with Gasteiger partial charge >= 0.3 is 0 Å². The van der Waals surface area contributed by atoms with Crippen LogP contribution in [0.3, 0.4) is 0 Å². The van der Waals surface area contributed by atoms with E-state index >= 15 is 0 Å². The minimum atomic E-state index is 0.528. The lowest BCUT2D eigenvalue weighted by Gasteiger charge is -2.43. The van der Waals surface area contributed by atoms with Crippen LogP contribution in [0.25, 0.3) is 0 Å². The molecule has 1 aromatic carbocycles. The van der Waals surface area contributed by atoms with Gasteiger partial charge in [0.15, 0.2) is 0 Å². The smallest absolute Gasteiger partial charge is 0.119 e. The van der Waals surface area contributed by atoms with Gasteiger partial charge in [0.1, 0.15) is 5.75 Å². The van der Waals surface area contributed by atoms with Gasteiger partial charge < -0.3 is 5.11 Å². The highest BCUT2D eigenvalue weighted by Gasteiger charge is 2.40. The van der Waals surface area contributed by atoms with Crippen molar-refractivity contribution in [1.29, 1.82) is 0 Å². The Morgan fingerprint density at radius 2 is 1.85 bits per heavy atom. The van der Waals surface area contributed by atoms with E-state index in [4.69, 9.17) is 0 Å². The Labute approximate surface area is 78.4 Å². The Morgan fingerprint density at radius 3 is 2.69 bits per heavy atom. The molecule has 2 atom stereocenters. The molecule has 1 nitrogen and oxygen atoms in total. The Hall–Kier alpha value is -0.980. The fourth-order valence-corrected chi connectivity index (χ4v) is 3.05. The SMILES string of the molecule is Oc1cccc2c1[C@H]1CCCC[C@@H]21. The predicted molar refractivity (Wildman–Crippen MR) is 52.1 cm³/mol. The third-order valence-electron chi connectivity index (χ3n) is 3.65. The first kappa shape index (κ1) is 7.43. The van der Waals surface area contributed by atoms with Crippen LogP contribution in [0.4, 0.5) is 0 Å². The minimum absolute atomic E-state index is 0.528. The van der Waals surface area contributed by atoms with Crippen molar-refractivity contribution in [2.75, 3.05) is 0 Å². The second-order valence-corrected chi connectivity index (χ2v) is 4.28. The number of rotatable bonds is 0. The highest BCUT2D eigenvalue weighted by atomic mass is 16.3. The van der Waals surface area contributed by atoms with Crippen molar-refractivity contribution >= 4 is 0 Å². The molecule has 0 heterocycles. The van der Waals surface area contributed by atoms with Gasteiger partial charge in [-0.3, -0.25) is 0 Å². The minimum Gasteiger partial charge on any atom is -0.508 e. The van der Waals surface area contributed by atoms with E-state index in [1.165, 1.54) is 36.8 Å². The molecule has 2 aliphatic carbocycles. The summed E-state index contributed by atoms with van der Waals surface area (Å²) in [6, 6.07) is 5.98. The summed E-state index contributed by atoms with van der Waals surface area (Å²) in [6.07, 6.45) is 5.33. The zero-order chi connectivity index (χ0) is 8.84. The molecule has 2 aliphatic rings. The van der Waals surface area contributed by atoms with Gasteiger partial charge in [0.25, 0.3) is 0 Å². The van der Waals surface area contributed by atoms with Crippen LogP contribution in [0.15, 0.2) is 18.2 Å². The molecule has 0 aromatic heterocycles. The van der Waals surface area contributed by atoms with Crippen LogP contribution in [0.1, 0.15) is 48.6 Å². The van der Waals surface area contributed by atoms with E-state index in [9.17, 15) is 5.11 Å². The van der Waals surface area contributed by atoms with E-state index in [-0.39, 0.29) is 0 Å². The fourth-order valence-electron chi connectivity index (χ4n) is 3.05. The Kier molecular flexibility index (Phi) is 1.43. The van der Waals surface area contributed by atoms with Gasteiger partial charge in [0, 0.05) is 5.56 Å². The van der Waals surface area contributed by atoms with E-state index in [1.54, 1.807) is 0 Å². The third kappa shape index (κ3) is 0.874. The molecule has 13 heavy (non-hydrogen) atoms. The summed E-state index contributed by atoms with van der Waals surface area (Å²) in [5.41, 5.74) is 2.68. The lowest BCUT2D eigenvalue weighted by Crippen LogP contribution is -2.27. The lowest BCUT2D eigenvalue weighted by molar-refractivity contribution is 0.325. The summed E-state index contributed by atoms with van der Waals surface area (Å²) in [5.74, 6) is 1.99. The standard InChI is InChI=1S/C12H14O/c13-11-7-3-6-10-8-4-1-2-5-9(8)12(10)11/h3,6-9,13H,1-2,4-5H2/t8-,9+/m1/s1. The van der Waals surface area contributed by atoms with E-state index in [2.05, 4.69) is 6.07 Å².